The molecule has 1 rings (SSSR count). The van der Waals surface area contributed by atoms with Gasteiger partial charge in [0.15, 0.2) is 0 Å². The van der Waals surface area contributed by atoms with Gasteiger partial charge >= 0.3 is 31.1 Å². The molecule has 1 heteroatoms. The average Bonchev–Trinajstić information content (AvgIpc) is 2.18. The Morgan fingerprint density at radius 2 is 1.85 bits per heavy atom. The van der Waals surface area contributed by atoms with Crippen molar-refractivity contribution in [3.05, 3.63) is 61.2 Å². The first-order chi connectivity index (χ1) is 5.91. The normalized spacial score (nSPS) is 8.08. The van der Waals surface area contributed by atoms with E-state index in [2.05, 4.69) is 13.0 Å². The molecule has 0 atom stereocenters. The Bertz CT molecular complexity index is 175. The van der Waals surface area contributed by atoms with Crippen LogP contribution in [0, 0.1) is 43.8 Å². The Morgan fingerprint density at radius 1 is 1.23 bits per heavy atom. The second-order valence-electron chi connectivity index (χ2n) is 2.11. The quantitative estimate of drug-likeness (QED) is 0.531. The molecule has 1 aromatic carbocycles. The van der Waals surface area contributed by atoms with Crippen LogP contribution in [0.3, 0.4) is 0 Å². The molecular formula is C12H14U+. The predicted octanol–water partition coefficient (Wildman–Crippen LogP) is 3.43. The third kappa shape index (κ3) is 14.6. The van der Waals surface area contributed by atoms with E-state index in [1.54, 1.807) is 0 Å². The van der Waals surface area contributed by atoms with E-state index < -0.39 is 0 Å². The van der Waals surface area contributed by atoms with Gasteiger partial charge in [-0.15, -0.1) is 0 Å². The first-order valence-electron chi connectivity index (χ1n) is 4.03. The van der Waals surface area contributed by atoms with Gasteiger partial charge in [-0.3, -0.25) is 6.58 Å². The van der Waals surface area contributed by atoms with E-state index in [1.807, 2.05) is 42.5 Å². The Kier molecular flexibility index (Phi) is 16.7. The van der Waals surface area contributed by atoms with E-state index in [1.165, 1.54) is 6.08 Å². The van der Waals surface area contributed by atoms with Crippen molar-refractivity contribution in [1.82, 2.24) is 0 Å². The van der Waals surface area contributed by atoms with E-state index in [9.17, 15) is 0 Å². The van der Waals surface area contributed by atoms with Crippen molar-refractivity contribution in [1.29, 1.82) is 0 Å². The van der Waals surface area contributed by atoms with Gasteiger partial charge in [-0.25, -0.2) is 12.2 Å². The Hall–Kier alpha value is -0.248. The molecule has 0 saturated heterocycles. The van der Waals surface area contributed by atoms with E-state index >= 15 is 0 Å². The van der Waals surface area contributed by atoms with Gasteiger partial charge in [0.05, 0.1) is 0 Å². The molecule has 0 nitrogen and oxygen atoms in total. The van der Waals surface area contributed by atoms with E-state index in [0.29, 0.717) is 0 Å². The maximum Gasteiger partial charge on any atom is 3.00 e. The summed E-state index contributed by atoms with van der Waals surface area (Å²) >= 11 is 0. The minimum Gasteiger partial charge on any atom is -0.293 e. The average molecular weight is 396 g/mol. The number of rotatable bonds is 2. The van der Waals surface area contributed by atoms with Crippen LogP contribution in [-0.2, 0) is 0 Å². The Labute approximate surface area is 105 Å². The maximum absolute atomic E-state index is 5.00. The molecule has 0 amide bonds. The summed E-state index contributed by atoms with van der Waals surface area (Å²) in [7, 11) is 0. The van der Waals surface area contributed by atoms with Crippen molar-refractivity contribution in [3.8, 4) is 0 Å². The minimum absolute atomic E-state index is 0. The molecule has 0 unspecified atom stereocenters. The molecular weight excluding hydrogens is 382 g/mol. The largest absolute Gasteiger partial charge is 3.00 e. The molecule has 0 aliphatic heterocycles. The smallest absolute Gasteiger partial charge is 0.293 e. The molecule has 65 valence electrons. The van der Waals surface area contributed by atoms with Gasteiger partial charge in [-0.05, 0) is 0 Å². The van der Waals surface area contributed by atoms with Crippen molar-refractivity contribution in [2.45, 2.75) is 13.3 Å². The van der Waals surface area contributed by atoms with Crippen molar-refractivity contribution in [2.75, 3.05) is 0 Å². The topological polar surface area (TPSA) is 0 Å². The van der Waals surface area contributed by atoms with Gasteiger partial charge < -0.3 is 0 Å². The molecule has 0 aromatic heterocycles. The minimum atomic E-state index is 0. The summed E-state index contributed by atoms with van der Waals surface area (Å²) < 4.78 is 0. The molecule has 0 aliphatic rings. The maximum atomic E-state index is 5.00. The molecule has 0 N–H and O–H groups in total. The molecule has 1 aromatic rings. The summed E-state index contributed by atoms with van der Waals surface area (Å²) in [5, 5.41) is 0. The SMILES string of the molecule is [CH-]=C/C=C\CC.[U+3].[c-]1ccccc1. The Morgan fingerprint density at radius 3 is 2.00 bits per heavy atom. The van der Waals surface area contributed by atoms with E-state index in [0.717, 1.165) is 6.42 Å². The molecule has 0 bridgehead atoms. The van der Waals surface area contributed by atoms with Crippen LogP contribution in [0.4, 0.5) is 0 Å². The molecule has 13 heavy (non-hydrogen) atoms. The number of benzene rings is 1. The van der Waals surface area contributed by atoms with Gasteiger partial charge in [0.1, 0.15) is 0 Å². The third-order valence-electron chi connectivity index (χ3n) is 1.09. The van der Waals surface area contributed by atoms with Crippen LogP contribution >= 0.6 is 0 Å². The molecule has 1 radical (unpaired) electrons. The van der Waals surface area contributed by atoms with Gasteiger partial charge in [0.25, 0.3) is 0 Å². The zero-order valence-electron chi connectivity index (χ0n) is 7.90. The van der Waals surface area contributed by atoms with Crippen molar-refractivity contribution < 1.29 is 31.1 Å². The molecule has 0 spiro atoms. The summed E-state index contributed by atoms with van der Waals surface area (Å²) in [6.45, 7) is 7.07. The van der Waals surface area contributed by atoms with Crippen LogP contribution in [0.15, 0.2) is 48.6 Å². The fourth-order valence-corrected chi connectivity index (χ4v) is 0.557. The summed E-state index contributed by atoms with van der Waals surface area (Å²) in [4.78, 5) is 0. The third-order valence-corrected chi connectivity index (χ3v) is 1.09. The molecule has 0 saturated carbocycles. The summed E-state index contributed by atoms with van der Waals surface area (Å²) in [6, 6.07) is 12.5. The molecule has 0 fully saturated rings. The van der Waals surface area contributed by atoms with Gasteiger partial charge in [0, 0.05) is 0 Å². The second kappa shape index (κ2) is 14.3. The monoisotopic (exact) mass is 396 g/mol. The first kappa shape index (κ1) is 15.2. The van der Waals surface area contributed by atoms with Gasteiger partial charge in [-0.1, -0.05) is 13.3 Å². The number of hydrogen-bond acceptors (Lipinski definition) is 0. The van der Waals surface area contributed by atoms with E-state index in [4.69, 9.17) is 6.58 Å². The van der Waals surface area contributed by atoms with Crippen LogP contribution < -0.4 is 0 Å². The summed E-state index contributed by atoms with van der Waals surface area (Å²) in [5.74, 6) is 0. The second-order valence-corrected chi connectivity index (χ2v) is 2.11. The summed E-state index contributed by atoms with van der Waals surface area (Å²) in [5.41, 5.74) is 0. The van der Waals surface area contributed by atoms with Crippen LogP contribution in [0.5, 0.6) is 0 Å². The van der Waals surface area contributed by atoms with Crippen LogP contribution in [0.2, 0.25) is 0 Å². The fourth-order valence-electron chi connectivity index (χ4n) is 0.557. The van der Waals surface area contributed by atoms with Crippen LogP contribution in [0.1, 0.15) is 13.3 Å². The zero-order chi connectivity index (χ0) is 9.07. The van der Waals surface area contributed by atoms with Gasteiger partial charge in [0.2, 0.25) is 0 Å². The zero-order valence-corrected chi connectivity index (χ0v) is 12.1. The fraction of sp³-hybridized carbons (Fsp3) is 0.167. The summed E-state index contributed by atoms with van der Waals surface area (Å²) in [6.07, 6.45) is 6.43. The molecule has 0 heterocycles. The van der Waals surface area contributed by atoms with Crippen molar-refractivity contribution in [2.24, 2.45) is 0 Å². The van der Waals surface area contributed by atoms with Crippen molar-refractivity contribution >= 4 is 0 Å². The number of hydrogen-bond donors (Lipinski definition) is 0. The Balaban J connectivity index is 0. The molecule has 0 aliphatic carbocycles. The standard InChI is InChI=1S/C6H5.C6H9.U/c1-2-4-6-5-3-1;1-3-5-6-4-2;/h1-5H;1,3,5-6H,4H2,2H3;/q2*-1;+3/b;6-5-;. The van der Waals surface area contributed by atoms with Crippen LogP contribution in [-0.4, -0.2) is 0 Å². The van der Waals surface area contributed by atoms with Crippen LogP contribution in [0.25, 0.3) is 0 Å². The van der Waals surface area contributed by atoms with Gasteiger partial charge in [-0.2, -0.15) is 42.5 Å². The van der Waals surface area contributed by atoms with E-state index in [-0.39, 0.29) is 31.1 Å². The van der Waals surface area contributed by atoms with Crippen molar-refractivity contribution in [3.63, 3.8) is 0 Å². The predicted molar refractivity (Wildman–Crippen MR) is 53.6 cm³/mol. The first-order valence-corrected chi connectivity index (χ1v) is 4.03. The number of allylic oxidation sites excluding steroid dienone is 3.